The highest BCUT2D eigenvalue weighted by molar-refractivity contribution is 6.15. The molecule has 0 saturated carbocycles. The van der Waals surface area contributed by atoms with E-state index in [-0.39, 0.29) is 74.3 Å². The lowest BCUT2D eigenvalue weighted by Crippen LogP contribution is -2.38. The molecule has 47 heavy (non-hydrogen) atoms. The van der Waals surface area contributed by atoms with Gasteiger partial charge >= 0.3 is 6.09 Å². The number of nitrogens with one attached hydrogen (secondary N) is 1. The van der Waals surface area contributed by atoms with Crippen LogP contribution >= 0.6 is 0 Å². The van der Waals surface area contributed by atoms with Crippen molar-refractivity contribution >= 4 is 56.4 Å². The van der Waals surface area contributed by atoms with Gasteiger partial charge in [-0.25, -0.2) is 4.79 Å². The zero-order valence-corrected chi connectivity index (χ0v) is 25.7. The Morgan fingerprint density at radius 2 is 1.70 bits per heavy atom. The number of rotatable bonds is 11. The number of hydrogen-bond acceptors (Lipinski definition) is 11. The van der Waals surface area contributed by atoms with Crippen molar-refractivity contribution in [2.45, 2.75) is 19.4 Å². The van der Waals surface area contributed by atoms with E-state index in [4.69, 9.17) is 24.7 Å². The molecule has 3 N–H and O–H groups in total. The van der Waals surface area contributed by atoms with Gasteiger partial charge in [0.2, 0.25) is 12.7 Å². The monoisotopic (exact) mass is 644 g/mol. The molecule has 2 aliphatic heterocycles. The summed E-state index contributed by atoms with van der Waals surface area (Å²) < 4.78 is 23.9. The lowest BCUT2D eigenvalue weighted by atomic mass is 10.0. The SMILES string of the molecule is COc1cc2c(cc1OC(=O)N(C)CCNC(=O)CCCN1C(=O)C=CC1=O)c(=O)n(CCN)c1c3cc4c(cc3ncc21)OCO4. The number of benzene rings is 2. The summed E-state index contributed by atoms with van der Waals surface area (Å²) in [6.07, 6.45) is 3.74. The van der Waals surface area contributed by atoms with Crippen LogP contribution in [0.4, 0.5) is 4.79 Å². The summed E-state index contributed by atoms with van der Waals surface area (Å²) in [5.74, 6) is 0.300. The molecule has 15 nitrogen and oxygen atoms in total. The Morgan fingerprint density at radius 3 is 2.43 bits per heavy atom. The molecule has 0 atom stereocenters. The number of nitrogens with zero attached hydrogens (tertiary/aromatic N) is 4. The van der Waals surface area contributed by atoms with Gasteiger partial charge in [0.15, 0.2) is 23.0 Å². The molecule has 4 heterocycles. The topological polar surface area (TPSA) is 185 Å². The lowest BCUT2D eigenvalue weighted by Gasteiger charge is -2.19. The molecule has 2 aromatic heterocycles. The molecule has 4 aromatic rings. The number of aromatic nitrogens is 2. The fraction of sp³-hybridized carbons (Fsp3) is 0.312. The quantitative estimate of drug-likeness (QED) is 0.179. The van der Waals surface area contributed by atoms with E-state index in [0.717, 1.165) is 4.90 Å². The summed E-state index contributed by atoms with van der Waals surface area (Å²) in [5, 5.41) is 4.89. The van der Waals surface area contributed by atoms with Gasteiger partial charge in [-0.15, -0.1) is 0 Å². The maximum absolute atomic E-state index is 13.9. The Labute approximate surface area is 267 Å². The van der Waals surface area contributed by atoms with Crippen LogP contribution in [-0.4, -0.2) is 90.3 Å². The first-order valence-corrected chi connectivity index (χ1v) is 14.9. The van der Waals surface area contributed by atoms with Crippen LogP contribution < -0.4 is 35.6 Å². The molecule has 2 aromatic carbocycles. The van der Waals surface area contributed by atoms with Gasteiger partial charge in [-0.2, -0.15) is 0 Å². The van der Waals surface area contributed by atoms with Gasteiger partial charge in [0.05, 0.1) is 23.5 Å². The number of hydrogen-bond donors (Lipinski definition) is 2. The molecule has 15 heteroatoms. The normalized spacial score (nSPS) is 13.6. The van der Waals surface area contributed by atoms with Crippen LogP contribution in [0.2, 0.25) is 0 Å². The van der Waals surface area contributed by atoms with Crippen molar-refractivity contribution in [1.29, 1.82) is 0 Å². The number of amides is 4. The van der Waals surface area contributed by atoms with Crippen molar-refractivity contribution in [3.8, 4) is 23.0 Å². The number of carbonyl (C=O) groups excluding carboxylic acids is 4. The van der Waals surface area contributed by atoms with Gasteiger partial charge in [-0.3, -0.25) is 29.1 Å². The summed E-state index contributed by atoms with van der Waals surface area (Å²) in [5.41, 5.74) is 6.83. The third-order valence-electron chi connectivity index (χ3n) is 7.99. The number of ether oxygens (including phenoxy) is 4. The van der Waals surface area contributed by atoms with Gasteiger partial charge in [-0.05, 0) is 24.6 Å². The number of pyridine rings is 2. The Hall–Kier alpha value is -5.70. The minimum absolute atomic E-state index is 0.0363. The summed E-state index contributed by atoms with van der Waals surface area (Å²) >= 11 is 0. The molecule has 2 aliphatic rings. The first-order valence-electron chi connectivity index (χ1n) is 14.9. The molecule has 0 spiro atoms. The van der Waals surface area contributed by atoms with Gasteiger partial charge in [0.25, 0.3) is 17.4 Å². The second kappa shape index (κ2) is 13.0. The molecule has 0 bridgehead atoms. The molecule has 0 saturated heterocycles. The van der Waals surface area contributed by atoms with Crippen molar-refractivity contribution in [2.75, 3.05) is 47.1 Å². The maximum atomic E-state index is 13.9. The zero-order valence-electron chi connectivity index (χ0n) is 25.7. The third kappa shape index (κ3) is 6.00. The minimum atomic E-state index is -0.734. The van der Waals surface area contributed by atoms with Crippen LogP contribution in [0.1, 0.15) is 12.8 Å². The first-order chi connectivity index (χ1) is 22.7. The lowest BCUT2D eigenvalue weighted by molar-refractivity contribution is -0.137. The van der Waals surface area contributed by atoms with Gasteiger partial charge < -0.3 is 39.5 Å². The second-order valence-corrected chi connectivity index (χ2v) is 10.9. The highest BCUT2D eigenvalue weighted by atomic mass is 16.7. The molecule has 0 aliphatic carbocycles. The van der Waals surface area contributed by atoms with Crippen molar-refractivity contribution in [2.24, 2.45) is 5.73 Å². The number of imide groups is 1. The Morgan fingerprint density at radius 1 is 0.979 bits per heavy atom. The summed E-state index contributed by atoms with van der Waals surface area (Å²) in [6, 6.07) is 6.66. The maximum Gasteiger partial charge on any atom is 0.415 e. The fourth-order valence-electron chi connectivity index (χ4n) is 5.61. The number of nitrogens with two attached hydrogens (primary N) is 1. The second-order valence-electron chi connectivity index (χ2n) is 10.9. The predicted octanol–water partition coefficient (Wildman–Crippen LogP) is 1.65. The largest absolute Gasteiger partial charge is 0.493 e. The van der Waals surface area contributed by atoms with Crippen molar-refractivity contribution in [3.05, 3.63) is 53.0 Å². The highest BCUT2D eigenvalue weighted by Crippen LogP contribution is 2.40. The van der Waals surface area contributed by atoms with E-state index in [1.54, 1.807) is 29.0 Å². The van der Waals surface area contributed by atoms with E-state index in [9.17, 15) is 24.0 Å². The Bertz CT molecular complexity index is 2020. The van der Waals surface area contributed by atoms with E-state index >= 15 is 0 Å². The summed E-state index contributed by atoms with van der Waals surface area (Å²) in [7, 11) is 2.93. The van der Waals surface area contributed by atoms with Crippen molar-refractivity contribution in [3.63, 3.8) is 0 Å². The van der Waals surface area contributed by atoms with Gasteiger partial charge in [-0.1, -0.05) is 0 Å². The van der Waals surface area contributed by atoms with E-state index in [2.05, 4.69) is 10.3 Å². The van der Waals surface area contributed by atoms with Crippen LogP contribution in [-0.2, 0) is 20.9 Å². The molecule has 4 amide bonds. The standard InChI is InChI=1S/C32H32N6O9/c1-36(11-8-34-27(39)4-3-9-37-28(40)5-6-29(37)41)32(43)47-26-13-19-18(12-23(26)44-2)21-16-35-22-15-25-24(45-17-46-25)14-20(22)30(21)38(10-7-33)31(19)42/h5-6,12-16H,3-4,7-11,17,33H2,1-2H3,(H,34,39). The molecule has 6 rings (SSSR count). The van der Waals surface area contributed by atoms with Gasteiger partial charge in [0.1, 0.15) is 0 Å². The smallest absolute Gasteiger partial charge is 0.415 e. The van der Waals surface area contributed by atoms with Crippen LogP contribution in [0, 0.1) is 0 Å². The van der Waals surface area contributed by atoms with Crippen LogP contribution in [0.5, 0.6) is 23.0 Å². The number of carbonyl (C=O) groups is 4. The van der Waals surface area contributed by atoms with Crippen LogP contribution in [0.3, 0.4) is 0 Å². The summed E-state index contributed by atoms with van der Waals surface area (Å²) in [4.78, 5) is 69.4. The predicted molar refractivity (Wildman–Crippen MR) is 170 cm³/mol. The van der Waals surface area contributed by atoms with E-state index < -0.39 is 17.9 Å². The minimum Gasteiger partial charge on any atom is -0.493 e. The molecule has 0 fully saturated rings. The molecular formula is C32H32N6O9. The molecule has 0 radical (unpaired) electrons. The summed E-state index contributed by atoms with van der Waals surface area (Å²) in [6.45, 7) is 0.919. The van der Waals surface area contributed by atoms with E-state index in [1.165, 1.54) is 37.3 Å². The number of likely N-dealkylation sites (N-methyl/N-ethyl adjacent to an activating group) is 1. The van der Waals surface area contributed by atoms with E-state index in [1.807, 2.05) is 0 Å². The van der Waals surface area contributed by atoms with Crippen LogP contribution in [0.15, 0.2) is 47.4 Å². The number of methoxy groups -OCH3 is 1. The average molecular weight is 645 g/mol. The van der Waals surface area contributed by atoms with E-state index in [0.29, 0.717) is 45.1 Å². The Kier molecular flexibility index (Phi) is 8.63. The first kappa shape index (κ1) is 31.3. The average Bonchev–Trinajstić information content (AvgIpc) is 3.66. The number of fused-ring (bicyclic) bond motifs is 6. The van der Waals surface area contributed by atoms with Gasteiger partial charge in [0, 0.05) is 86.8 Å². The zero-order chi connectivity index (χ0) is 33.2. The fourth-order valence-corrected chi connectivity index (χ4v) is 5.61. The van der Waals surface area contributed by atoms with Crippen LogP contribution in [0.25, 0.3) is 32.6 Å². The third-order valence-corrected chi connectivity index (χ3v) is 7.99. The van der Waals surface area contributed by atoms with Crippen molar-refractivity contribution in [1.82, 2.24) is 24.7 Å². The Balaban J connectivity index is 1.19. The highest BCUT2D eigenvalue weighted by Gasteiger charge is 2.24. The van der Waals surface area contributed by atoms with Crippen molar-refractivity contribution < 1.29 is 38.1 Å². The molecule has 0 unspecified atom stereocenters. The molecular weight excluding hydrogens is 612 g/mol. The molecule has 244 valence electrons.